The van der Waals surface area contributed by atoms with Crippen molar-refractivity contribution in [3.8, 4) is 0 Å². The molecule has 1 aromatic rings. The third kappa shape index (κ3) is 5.64. The number of benzene rings is 1. The Labute approximate surface area is 156 Å². The zero-order chi connectivity index (χ0) is 18.4. The SMILES string of the molecule is CCCN1CCC(NC(=S)Nc2cccc(S(=O)(=O)N(C)C)c2)CC1. The summed E-state index contributed by atoms with van der Waals surface area (Å²) in [7, 11) is -0.409. The van der Waals surface area contributed by atoms with E-state index in [2.05, 4.69) is 22.5 Å². The zero-order valence-corrected chi connectivity index (χ0v) is 16.8. The standard InChI is InChI=1S/C17H28N4O2S2/c1-4-10-21-11-8-14(9-12-21)18-17(24)19-15-6-5-7-16(13-15)25(22,23)20(2)3/h5-7,13-14H,4,8-12H2,1-3H3,(H2,18,19,24). The van der Waals surface area contributed by atoms with Gasteiger partial charge in [0.2, 0.25) is 10.0 Å². The normalized spacial score (nSPS) is 16.8. The van der Waals surface area contributed by atoms with Crippen molar-refractivity contribution in [2.24, 2.45) is 0 Å². The van der Waals surface area contributed by atoms with Crippen LogP contribution in [0.2, 0.25) is 0 Å². The summed E-state index contributed by atoms with van der Waals surface area (Å²) in [5, 5.41) is 6.98. The number of thiocarbonyl (C=S) groups is 1. The van der Waals surface area contributed by atoms with Crippen LogP contribution in [-0.4, -0.2) is 62.5 Å². The second-order valence-corrected chi connectivity index (χ2v) is 9.09. The Bertz CT molecular complexity index is 684. The summed E-state index contributed by atoms with van der Waals surface area (Å²) in [6.07, 6.45) is 3.32. The minimum atomic E-state index is -3.45. The molecule has 0 aliphatic carbocycles. The summed E-state index contributed by atoms with van der Waals surface area (Å²) in [6, 6.07) is 7.08. The van der Waals surface area contributed by atoms with E-state index in [1.54, 1.807) is 18.2 Å². The fraction of sp³-hybridized carbons (Fsp3) is 0.588. The maximum Gasteiger partial charge on any atom is 0.242 e. The predicted molar refractivity (Wildman–Crippen MR) is 106 cm³/mol. The van der Waals surface area contributed by atoms with Crippen LogP contribution in [0.4, 0.5) is 5.69 Å². The Morgan fingerprint density at radius 1 is 1.32 bits per heavy atom. The Morgan fingerprint density at radius 3 is 2.60 bits per heavy atom. The Hall–Kier alpha value is -1.22. The van der Waals surface area contributed by atoms with Crippen LogP contribution < -0.4 is 10.6 Å². The number of hydrogen-bond donors (Lipinski definition) is 2. The van der Waals surface area contributed by atoms with Gasteiger partial charge >= 0.3 is 0 Å². The lowest BCUT2D eigenvalue weighted by Crippen LogP contribution is -2.46. The number of anilines is 1. The van der Waals surface area contributed by atoms with E-state index in [4.69, 9.17) is 12.2 Å². The van der Waals surface area contributed by atoms with Crippen molar-refractivity contribution in [3.05, 3.63) is 24.3 Å². The van der Waals surface area contributed by atoms with E-state index in [0.717, 1.165) is 32.5 Å². The van der Waals surface area contributed by atoms with Crippen LogP contribution in [0, 0.1) is 0 Å². The van der Waals surface area contributed by atoms with E-state index >= 15 is 0 Å². The molecule has 0 unspecified atom stereocenters. The van der Waals surface area contributed by atoms with Crippen LogP contribution in [0.5, 0.6) is 0 Å². The number of piperidine rings is 1. The summed E-state index contributed by atoms with van der Waals surface area (Å²) in [5.74, 6) is 0. The summed E-state index contributed by atoms with van der Waals surface area (Å²) >= 11 is 5.39. The molecule has 8 heteroatoms. The van der Waals surface area contributed by atoms with Gasteiger partial charge in [-0.2, -0.15) is 0 Å². The first kappa shape index (κ1) is 20.1. The maximum absolute atomic E-state index is 12.2. The number of likely N-dealkylation sites (tertiary alicyclic amines) is 1. The number of nitrogens with one attached hydrogen (secondary N) is 2. The monoisotopic (exact) mass is 384 g/mol. The van der Waals surface area contributed by atoms with Gasteiger partial charge in [-0.15, -0.1) is 0 Å². The van der Waals surface area contributed by atoms with Crippen molar-refractivity contribution in [1.82, 2.24) is 14.5 Å². The molecular formula is C17H28N4O2S2. The van der Waals surface area contributed by atoms with Crippen LogP contribution in [0.3, 0.4) is 0 Å². The van der Waals surface area contributed by atoms with Gasteiger partial charge in [0, 0.05) is 38.9 Å². The fourth-order valence-electron chi connectivity index (χ4n) is 2.91. The van der Waals surface area contributed by atoms with Crippen LogP contribution >= 0.6 is 12.2 Å². The van der Waals surface area contributed by atoms with Gasteiger partial charge in [0.05, 0.1) is 4.90 Å². The van der Waals surface area contributed by atoms with Gasteiger partial charge in [-0.05, 0) is 56.2 Å². The van der Waals surface area contributed by atoms with E-state index < -0.39 is 10.0 Å². The van der Waals surface area contributed by atoms with Gasteiger partial charge in [0.25, 0.3) is 0 Å². The minimum absolute atomic E-state index is 0.248. The number of rotatable bonds is 6. The molecule has 6 nitrogen and oxygen atoms in total. The summed E-state index contributed by atoms with van der Waals surface area (Å²) in [6.45, 7) is 5.53. The molecule has 1 aliphatic rings. The van der Waals surface area contributed by atoms with E-state index in [9.17, 15) is 8.42 Å². The number of nitrogens with zero attached hydrogens (tertiary/aromatic N) is 2. The van der Waals surface area contributed by atoms with Crippen LogP contribution in [-0.2, 0) is 10.0 Å². The van der Waals surface area contributed by atoms with Crippen LogP contribution in [0.1, 0.15) is 26.2 Å². The topological polar surface area (TPSA) is 64.7 Å². The lowest BCUT2D eigenvalue weighted by molar-refractivity contribution is 0.207. The van der Waals surface area contributed by atoms with Crippen molar-refractivity contribution in [3.63, 3.8) is 0 Å². The average molecular weight is 385 g/mol. The third-order valence-electron chi connectivity index (χ3n) is 4.33. The van der Waals surface area contributed by atoms with Crippen molar-refractivity contribution < 1.29 is 8.42 Å². The smallest absolute Gasteiger partial charge is 0.242 e. The largest absolute Gasteiger partial charge is 0.360 e. The highest BCUT2D eigenvalue weighted by molar-refractivity contribution is 7.89. The molecule has 2 N–H and O–H groups in total. The highest BCUT2D eigenvalue weighted by Gasteiger charge is 2.20. The molecule has 0 saturated carbocycles. The molecule has 0 atom stereocenters. The Balaban J connectivity index is 1.91. The molecule has 0 bridgehead atoms. The molecular weight excluding hydrogens is 356 g/mol. The molecule has 0 aromatic heterocycles. The molecule has 25 heavy (non-hydrogen) atoms. The van der Waals surface area contributed by atoms with Gasteiger partial charge < -0.3 is 15.5 Å². The van der Waals surface area contributed by atoms with Crippen molar-refractivity contribution in [2.75, 3.05) is 39.0 Å². The Kier molecular flexibility index (Phi) is 7.18. The first-order valence-corrected chi connectivity index (χ1v) is 10.5. The fourth-order valence-corrected chi connectivity index (χ4v) is 4.15. The van der Waals surface area contributed by atoms with E-state index in [1.165, 1.54) is 24.8 Å². The predicted octanol–water partition coefficient (Wildman–Crippen LogP) is 2.10. The lowest BCUT2D eigenvalue weighted by Gasteiger charge is -2.32. The highest BCUT2D eigenvalue weighted by atomic mass is 32.2. The van der Waals surface area contributed by atoms with Gasteiger partial charge in [-0.1, -0.05) is 13.0 Å². The molecule has 1 aromatic carbocycles. The molecule has 1 heterocycles. The second kappa shape index (κ2) is 8.93. The van der Waals surface area contributed by atoms with Crippen molar-refractivity contribution in [2.45, 2.75) is 37.1 Å². The number of sulfonamides is 1. The zero-order valence-electron chi connectivity index (χ0n) is 15.2. The second-order valence-electron chi connectivity index (χ2n) is 6.53. The van der Waals surface area contributed by atoms with Gasteiger partial charge in [-0.25, -0.2) is 12.7 Å². The molecule has 0 spiro atoms. The highest BCUT2D eigenvalue weighted by Crippen LogP contribution is 2.18. The van der Waals surface area contributed by atoms with E-state index in [-0.39, 0.29) is 4.90 Å². The molecule has 1 aliphatic heterocycles. The Morgan fingerprint density at radius 2 is 2.00 bits per heavy atom. The molecule has 2 rings (SSSR count). The third-order valence-corrected chi connectivity index (χ3v) is 6.36. The van der Waals surface area contributed by atoms with Crippen LogP contribution in [0.25, 0.3) is 0 Å². The minimum Gasteiger partial charge on any atom is -0.360 e. The van der Waals surface area contributed by atoms with Crippen molar-refractivity contribution >= 4 is 33.0 Å². The first-order chi connectivity index (χ1) is 11.8. The van der Waals surface area contributed by atoms with E-state index in [1.807, 2.05) is 6.07 Å². The molecule has 140 valence electrons. The lowest BCUT2D eigenvalue weighted by atomic mass is 10.1. The quantitative estimate of drug-likeness (QED) is 0.733. The molecule has 1 fully saturated rings. The van der Waals surface area contributed by atoms with Crippen LogP contribution in [0.15, 0.2) is 29.2 Å². The van der Waals surface area contributed by atoms with Gasteiger partial charge in [-0.3, -0.25) is 0 Å². The first-order valence-electron chi connectivity index (χ1n) is 8.65. The molecule has 0 amide bonds. The summed E-state index contributed by atoms with van der Waals surface area (Å²) in [5.41, 5.74) is 0.670. The maximum atomic E-state index is 12.2. The molecule has 1 saturated heterocycles. The number of hydrogen-bond acceptors (Lipinski definition) is 4. The van der Waals surface area contributed by atoms with Gasteiger partial charge in [0.1, 0.15) is 0 Å². The molecule has 0 radical (unpaired) electrons. The summed E-state index contributed by atoms with van der Waals surface area (Å²) in [4.78, 5) is 2.72. The van der Waals surface area contributed by atoms with Crippen molar-refractivity contribution in [1.29, 1.82) is 0 Å². The average Bonchev–Trinajstić information content (AvgIpc) is 2.57. The van der Waals surface area contributed by atoms with E-state index in [0.29, 0.717) is 16.8 Å². The van der Waals surface area contributed by atoms with Gasteiger partial charge in [0.15, 0.2) is 5.11 Å². The summed E-state index contributed by atoms with van der Waals surface area (Å²) < 4.78 is 25.6.